The number of carbonyl (C=O) groups excluding carboxylic acids is 1. The number of nitrogens with one attached hydrogen (secondary N) is 2. The molecule has 0 saturated carbocycles. The maximum Gasteiger partial charge on any atom is 0.257 e. The maximum atomic E-state index is 11.7. The minimum Gasteiger partial charge on any atom is -0.360 e. The molecule has 3 nitrogen and oxygen atoms in total. The fraction of sp³-hybridized carbons (Fsp3) is 0.333. The van der Waals surface area contributed by atoms with Gasteiger partial charge in [0.2, 0.25) is 0 Å². The summed E-state index contributed by atoms with van der Waals surface area (Å²) in [4.78, 5) is 11.7. The SMILES string of the molecule is CCC(C)NC(=S)NC(=O)c1ccccc1. The predicted molar refractivity (Wildman–Crippen MR) is 69.4 cm³/mol. The van der Waals surface area contributed by atoms with Crippen molar-refractivity contribution in [3.63, 3.8) is 0 Å². The number of benzene rings is 1. The monoisotopic (exact) mass is 236 g/mol. The molecule has 1 rings (SSSR count). The predicted octanol–water partition coefficient (Wildman–Crippen LogP) is 2.09. The van der Waals surface area contributed by atoms with Crippen molar-refractivity contribution in [1.82, 2.24) is 10.6 Å². The van der Waals surface area contributed by atoms with Crippen LogP contribution in [0.5, 0.6) is 0 Å². The lowest BCUT2D eigenvalue weighted by Crippen LogP contribution is -2.43. The third-order valence-corrected chi connectivity index (χ3v) is 2.47. The van der Waals surface area contributed by atoms with E-state index in [0.717, 1.165) is 6.42 Å². The van der Waals surface area contributed by atoms with Crippen LogP contribution in [0, 0.1) is 0 Å². The highest BCUT2D eigenvalue weighted by molar-refractivity contribution is 7.80. The standard InChI is InChI=1S/C12H16N2OS/c1-3-9(2)13-12(16)14-11(15)10-7-5-4-6-8-10/h4-9H,3H2,1-2H3,(H2,13,14,15,16). The Balaban J connectivity index is 2.49. The van der Waals surface area contributed by atoms with E-state index in [-0.39, 0.29) is 11.9 Å². The summed E-state index contributed by atoms with van der Waals surface area (Å²) in [5, 5.41) is 6.05. The van der Waals surface area contributed by atoms with Crippen molar-refractivity contribution in [3.05, 3.63) is 35.9 Å². The van der Waals surface area contributed by atoms with Crippen molar-refractivity contribution >= 4 is 23.2 Å². The molecule has 0 aliphatic heterocycles. The van der Waals surface area contributed by atoms with E-state index in [1.165, 1.54) is 0 Å². The summed E-state index contributed by atoms with van der Waals surface area (Å²) >= 11 is 5.03. The first-order valence-corrected chi connectivity index (χ1v) is 5.71. The van der Waals surface area contributed by atoms with Gasteiger partial charge in [-0.25, -0.2) is 0 Å². The molecule has 0 saturated heterocycles. The van der Waals surface area contributed by atoms with Crippen LogP contribution >= 0.6 is 12.2 Å². The first kappa shape index (κ1) is 12.6. The molecule has 16 heavy (non-hydrogen) atoms. The Labute approximate surface area is 101 Å². The number of thiocarbonyl (C=S) groups is 1. The van der Waals surface area contributed by atoms with Crippen molar-refractivity contribution in [2.45, 2.75) is 26.3 Å². The molecule has 1 atom stereocenters. The number of carbonyl (C=O) groups is 1. The van der Waals surface area contributed by atoms with Gasteiger partial charge in [-0.2, -0.15) is 0 Å². The molecule has 0 aliphatic rings. The third kappa shape index (κ3) is 3.98. The zero-order valence-electron chi connectivity index (χ0n) is 9.49. The smallest absolute Gasteiger partial charge is 0.257 e. The van der Waals surface area contributed by atoms with Crippen LogP contribution in [0.1, 0.15) is 30.6 Å². The quantitative estimate of drug-likeness (QED) is 0.790. The van der Waals surface area contributed by atoms with Crippen molar-refractivity contribution in [1.29, 1.82) is 0 Å². The summed E-state index contributed by atoms with van der Waals surface area (Å²) in [6.07, 6.45) is 0.960. The van der Waals surface area contributed by atoms with Gasteiger partial charge in [0.25, 0.3) is 5.91 Å². The fourth-order valence-corrected chi connectivity index (χ4v) is 1.42. The summed E-state index contributed by atoms with van der Waals surface area (Å²) < 4.78 is 0. The highest BCUT2D eigenvalue weighted by atomic mass is 32.1. The van der Waals surface area contributed by atoms with E-state index in [2.05, 4.69) is 17.6 Å². The van der Waals surface area contributed by atoms with Crippen LogP contribution in [0.25, 0.3) is 0 Å². The number of hydrogen-bond donors (Lipinski definition) is 2. The maximum absolute atomic E-state index is 11.7. The second-order valence-electron chi connectivity index (χ2n) is 3.60. The molecule has 0 spiro atoms. The molecule has 4 heteroatoms. The van der Waals surface area contributed by atoms with E-state index in [4.69, 9.17) is 12.2 Å². The van der Waals surface area contributed by atoms with Gasteiger partial charge < -0.3 is 5.32 Å². The number of amides is 1. The molecule has 0 aliphatic carbocycles. The van der Waals surface area contributed by atoms with E-state index in [0.29, 0.717) is 10.7 Å². The lowest BCUT2D eigenvalue weighted by atomic mass is 10.2. The van der Waals surface area contributed by atoms with Crippen molar-refractivity contribution < 1.29 is 4.79 Å². The molecule has 0 radical (unpaired) electrons. The van der Waals surface area contributed by atoms with Gasteiger partial charge >= 0.3 is 0 Å². The summed E-state index contributed by atoms with van der Waals surface area (Å²) in [7, 11) is 0. The molecule has 1 unspecified atom stereocenters. The topological polar surface area (TPSA) is 41.1 Å². The third-order valence-electron chi connectivity index (χ3n) is 2.25. The van der Waals surface area contributed by atoms with Gasteiger partial charge in [0.15, 0.2) is 5.11 Å². The summed E-state index contributed by atoms with van der Waals surface area (Å²) in [5.41, 5.74) is 0.607. The molecular weight excluding hydrogens is 220 g/mol. The molecule has 2 N–H and O–H groups in total. The van der Waals surface area contributed by atoms with Crippen molar-refractivity contribution in [2.75, 3.05) is 0 Å². The van der Waals surface area contributed by atoms with Crippen LogP contribution in [-0.2, 0) is 0 Å². The minimum atomic E-state index is -0.179. The molecule has 0 heterocycles. The van der Waals surface area contributed by atoms with Crippen molar-refractivity contribution in [2.24, 2.45) is 0 Å². The average molecular weight is 236 g/mol. The zero-order chi connectivity index (χ0) is 12.0. The van der Waals surface area contributed by atoms with Crippen LogP contribution in [-0.4, -0.2) is 17.1 Å². The van der Waals surface area contributed by atoms with E-state index in [9.17, 15) is 4.79 Å². The Morgan fingerprint density at radius 1 is 1.38 bits per heavy atom. The molecule has 1 aromatic carbocycles. The lowest BCUT2D eigenvalue weighted by molar-refractivity contribution is 0.0976. The van der Waals surface area contributed by atoms with Gasteiger partial charge in [0, 0.05) is 11.6 Å². The molecule has 86 valence electrons. The Hall–Kier alpha value is -1.42. The summed E-state index contributed by atoms with van der Waals surface area (Å²) in [6.45, 7) is 4.07. The van der Waals surface area contributed by atoms with Crippen LogP contribution in [0.4, 0.5) is 0 Å². The second kappa shape index (κ2) is 6.23. The largest absolute Gasteiger partial charge is 0.360 e. The van der Waals surface area contributed by atoms with Gasteiger partial charge in [0.1, 0.15) is 0 Å². The van der Waals surface area contributed by atoms with Gasteiger partial charge in [-0.05, 0) is 37.7 Å². The fourth-order valence-electron chi connectivity index (χ4n) is 1.13. The molecule has 0 aromatic heterocycles. The first-order valence-electron chi connectivity index (χ1n) is 5.30. The number of rotatable bonds is 3. The lowest BCUT2D eigenvalue weighted by Gasteiger charge is -2.14. The second-order valence-corrected chi connectivity index (χ2v) is 4.01. The Kier molecular flexibility index (Phi) is 4.92. The highest BCUT2D eigenvalue weighted by Crippen LogP contribution is 1.97. The van der Waals surface area contributed by atoms with E-state index < -0.39 is 0 Å². The molecule has 1 amide bonds. The van der Waals surface area contributed by atoms with E-state index in [1.54, 1.807) is 12.1 Å². The van der Waals surface area contributed by atoms with Gasteiger partial charge in [-0.1, -0.05) is 25.1 Å². The zero-order valence-corrected chi connectivity index (χ0v) is 10.3. The van der Waals surface area contributed by atoms with Gasteiger partial charge in [0.05, 0.1) is 0 Å². The van der Waals surface area contributed by atoms with E-state index >= 15 is 0 Å². The van der Waals surface area contributed by atoms with Gasteiger partial charge in [-0.15, -0.1) is 0 Å². The molecular formula is C12H16N2OS. The highest BCUT2D eigenvalue weighted by Gasteiger charge is 2.07. The molecule has 1 aromatic rings. The first-order chi connectivity index (χ1) is 7.63. The van der Waals surface area contributed by atoms with Crippen LogP contribution in [0.15, 0.2) is 30.3 Å². The molecule has 0 bridgehead atoms. The molecule has 0 fully saturated rings. The summed E-state index contributed by atoms with van der Waals surface area (Å²) in [6, 6.07) is 9.28. The van der Waals surface area contributed by atoms with E-state index in [1.807, 2.05) is 25.1 Å². The Bertz CT molecular complexity index is 365. The van der Waals surface area contributed by atoms with Gasteiger partial charge in [-0.3, -0.25) is 10.1 Å². The van der Waals surface area contributed by atoms with Crippen LogP contribution in [0.2, 0.25) is 0 Å². The minimum absolute atomic E-state index is 0.179. The Morgan fingerprint density at radius 3 is 2.56 bits per heavy atom. The van der Waals surface area contributed by atoms with Crippen LogP contribution < -0.4 is 10.6 Å². The Morgan fingerprint density at radius 2 is 2.00 bits per heavy atom. The van der Waals surface area contributed by atoms with Crippen LogP contribution in [0.3, 0.4) is 0 Å². The van der Waals surface area contributed by atoms with Crippen molar-refractivity contribution in [3.8, 4) is 0 Å². The summed E-state index contributed by atoms with van der Waals surface area (Å²) in [5.74, 6) is -0.179. The normalized spacial score (nSPS) is 11.6. The average Bonchev–Trinajstić information content (AvgIpc) is 2.29. The number of hydrogen-bond acceptors (Lipinski definition) is 2.